The van der Waals surface area contributed by atoms with Gasteiger partial charge < -0.3 is 0 Å². The van der Waals surface area contributed by atoms with E-state index in [0.29, 0.717) is 5.56 Å². The van der Waals surface area contributed by atoms with Gasteiger partial charge in [-0.15, -0.1) is 11.3 Å². The molecule has 3 heteroatoms. The Morgan fingerprint density at radius 1 is 0.838 bits per heavy atom. The fraction of sp³-hybridized carbons (Fsp3) is 0.324. The molecule has 0 aliphatic carbocycles. The molecular formula is C34H39NSSi. The molecule has 37 heavy (non-hydrogen) atoms. The van der Waals surface area contributed by atoms with E-state index in [1.54, 1.807) is 17.5 Å². The zero-order valence-electron chi connectivity index (χ0n) is 25.9. The Morgan fingerprint density at radius 3 is 2.19 bits per heavy atom. The Kier molecular flexibility index (Phi) is 5.92. The van der Waals surface area contributed by atoms with Crippen LogP contribution in [0, 0.1) is 6.85 Å². The molecular weight excluding hydrogens is 483 g/mol. The number of pyridine rings is 1. The fourth-order valence-electron chi connectivity index (χ4n) is 5.84. The van der Waals surface area contributed by atoms with E-state index < -0.39 is 14.9 Å². The molecule has 0 aliphatic heterocycles. The van der Waals surface area contributed by atoms with Crippen molar-refractivity contribution in [3.05, 3.63) is 84.1 Å². The first-order chi connectivity index (χ1) is 18.9. The van der Waals surface area contributed by atoms with E-state index in [1.165, 1.54) is 39.7 Å². The normalized spacial score (nSPS) is 14.1. The lowest BCUT2D eigenvalue weighted by molar-refractivity contribution is 0.596. The van der Waals surface area contributed by atoms with E-state index in [4.69, 9.17) is 9.10 Å². The molecule has 0 unspecified atom stereocenters. The van der Waals surface area contributed by atoms with Crippen LogP contribution >= 0.6 is 11.3 Å². The van der Waals surface area contributed by atoms with Crippen molar-refractivity contribution in [1.29, 1.82) is 0 Å². The Bertz CT molecular complexity index is 1660. The third-order valence-corrected chi connectivity index (χ3v) is 15.2. The standard InChI is InChI=1S/C34H39NSSi/c1-8-37(9-2,10-3)27-17-15-24(16-18-27)32-23(4)28-19-20-35-31(33(28)36-32)26-21-25-13-11-12-14-29(25)30(22-26)34(5,6)7/h11-22H,8-10H2,1-7H3/i4D3. The summed E-state index contributed by atoms with van der Waals surface area (Å²) in [6.45, 7) is 11.4. The van der Waals surface area contributed by atoms with Gasteiger partial charge in [0.15, 0.2) is 0 Å². The maximum atomic E-state index is 8.52. The number of aryl methyl sites for hydroxylation is 1. The third kappa shape index (κ3) is 4.47. The van der Waals surface area contributed by atoms with Crippen molar-refractivity contribution in [2.24, 2.45) is 0 Å². The van der Waals surface area contributed by atoms with Crippen LogP contribution in [0.3, 0.4) is 0 Å². The number of thiophene rings is 1. The van der Waals surface area contributed by atoms with Crippen molar-refractivity contribution in [2.75, 3.05) is 0 Å². The second kappa shape index (κ2) is 9.85. The Hall–Kier alpha value is -2.75. The first kappa shape index (κ1) is 22.3. The molecule has 0 spiro atoms. The molecule has 0 radical (unpaired) electrons. The molecule has 0 bridgehead atoms. The molecule has 0 aliphatic rings. The van der Waals surface area contributed by atoms with Crippen molar-refractivity contribution in [1.82, 2.24) is 4.98 Å². The van der Waals surface area contributed by atoms with E-state index in [0.717, 1.165) is 31.8 Å². The lowest BCUT2D eigenvalue weighted by Crippen LogP contribution is -2.45. The highest BCUT2D eigenvalue weighted by atomic mass is 32.1. The maximum absolute atomic E-state index is 8.52. The second-order valence-electron chi connectivity index (χ2n) is 11.3. The number of hydrogen-bond donors (Lipinski definition) is 0. The summed E-state index contributed by atoms with van der Waals surface area (Å²) in [5.41, 5.74) is 4.50. The van der Waals surface area contributed by atoms with Gasteiger partial charge in [-0.25, -0.2) is 0 Å². The Labute approximate surface area is 231 Å². The summed E-state index contributed by atoms with van der Waals surface area (Å²) in [5.74, 6) is 0. The third-order valence-electron chi connectivity index (χ3n) is 8.34. The summed E-state index contributed by atoms with van der Waals surface area (Å²) in [6, 6.07) is 27.3. The molecule has 2 heterocycles. The molecule has 0 amide bonds. The second-order valence-corrected chi connectivity index (χ2v) is 17.5. The Morgan fingerprint density at radius 2 is 1.54 bits per heavy atom. The van der Waals surface area contributed by atoms with E-state index in [9.17, 15) is 0 Å². The van der Waals surface area contributed by atoms with E-state index in [-0.39, 0.29) is 5.41 Å². The number of benzene rings is 3. The minimum absolute atomic E-state index is 0.0519. The predicted molar refractivity (Wildman–Crippen MR) is 168 cm³/mol. The maximum Gasteiger partial charge on any atom is 0.0880 e. The highest BCUT2D eigenvalue weighted by Gasteiger charge is 2.29. The topological polar surface area (TPSA) is 12.9 Å². The highest BCUT2D eigenvalue weighted by Crippen LogP contribution is 2.43. The van der Waals surface area contributed by atoms with Crippen molar-refractivity contribution in [2.45, 2.75) is 71.9 Å². The first-order valence-electron chi connectivity index (χ1n) is 15.0. The molecule has 5 rings (SSSR count). The first-order valence-corrected chi connectivity index (χ1v) is 16.9. The van der Waals surface area contributed by atoms with Gasteiger partial charge in [0, 0.05) is 20.7 Å². The van der Waals surface area contributed by atoms with Gasteiger partial charge in [-0.3, -0.25) is 4.98 Å². The molecule has 2 aromatic heterocycles. The van der Waals surface area contributed by atoms with Crippen LogP contribution in [0.15, 0.2) is 72.9 Å². The average molecular weight is 525 g/mol. The predicted octanol–water partition coefficient (Wildman–Crippen LogP) is 10.1. The number of nitrogens with zero attached hydrogens (tertiary/aromatic N) is 1. The minimum Gasteiger partial charge on any atom is -0.255 e. The van der Waals surface area contributed by atoms with E-state index in [1.807, 2.05) is 6.07 Å². The molecule has 0 N–H and O–H groups in total. The van der Waals surface area contributed by atoms with Crippen molar-refractivity contribution < 1.29 is 4.11 Å². The van der Waals surface area contributed by atoms with Gasteiger partial charge in [-0.2, -0.15) is 0 Å². The highest BCUT2D eigenvalue weighted by molar-refractivity contribution is 7.23. The van der Waals surface area contributed by atoms with Crippen LogP contribution < -0.4 is 5.19 Å². The molecule has 5 aromatic rings. The van der Waals surface area contributed by atoms with Crippen molar-refractivity contribution >= 4 is 45.5 Å². The molecule has 0 fully saturated rings. The molecule has 0 atom stereocenters. The zero-order chi connectivity index (χ0) is 28.9. The van der Waals surface area contributed by atoms with Gasteiger partial charge in [-0.05, 0) is 63.3 Å². The van der Waals surface area contributed by atoms with Gasteiger partial charge in [0.1, 0.15) is 0 Å². The van der Waals surface area contributed by atoms with Gasteiger partial charge in [0.25, 0.3) is 0 Å². The summed E-state index contributed by atoms with van der Waals surface area (Å²) in [7, 11) is -1.51. The monoisotopic (exact) mass is 524 g/mol. The summed E-state index contributed by atoms with van der Waals surface area (Å²) >= 11 is 1.56. The van der Waals surface area contributed by atoms with Crippen LogP contribution in [0.4, 0.5) is 0 Å². The van der Waals surface area contributed by atoms with Crippen LogP contribution in [0.1, 0.15) is 56.8 Å². The zero-order valence-corrected chi connectivity index (χ0v) is 24.7. The van der Waals surface area contributed by atoms with Gasteiger partial charge in [-0.1, -0.05) is 113 Å². The summed E-state index contributed by atoms with van der Waals surface area (Å²) in [6.07, 6.45) is 1.77. The molecule has 0 saturated carbocycles. The van der Waals surface area contributed by atoms with Crippen LogP contribution in [-0.4, -0.2) is 13.1 Å². The lowest BCUT2D eigenvalue weighted by atomic mass is 9.82. The van der Waals surface area contributed by atoms with Gasteiger partial charge in [0.05, 0.1) is 18.5 Å². The summed E-state index contributed by atoms with van der Waals surface area (Å²) in [4.78, 5) is 5.67. The molecule has 190 valence electrons. The van der Waals surface area contributed by atoms with Crippen LogP contribution in [0.5, 0.6) is 0 Å². The van der Waals surface area contributed by atoms with Crippen LogP contribution in [0.2, 0.25) is 18.1 Å². The lowest BCUT2D eigenvalue weighted by Gasteiger charge is -2.28. The van der Waals surface area contributed by atoms with Crippen molar-refractivity contribution in [3.8, 4) is 21.7 Å². The minimum atomic E-state index is -2.24. The van der Waals surface area contributed by atoms with E-state index in [2.05, 4.69) is 102 Å². The quantitative estimate of drug-likeness (QED) is 0.201. The summed E-state index contributed by atoms with van der Waals surface area (Å²) in [5, 5.41) is 4.65. The fourth-order valence-corrected chi connectivity index (χ4v) is 10.7. The van der Waals surface area contributed by atoms with Crippen LogP contribution in [-0.2, 0) is 5.41 Å². The molecule has 1 nitrogen and oxygen atoms in total. The average Bonchev–Trinajstić information content (AvgIpc) is 3.34. The SMILES string of the molecule is [2H]C([2H])([2H])c1c(-c2ccc([Si](CC)(CC)CC)cc2)sc2c(-c3cc(C(C)(C)C)c4ccccc4c3)nccc12. The molecule has 3 aromatic carbocycles. The number of aromatic nitrogens is 1. The van der Waals surface area contributed by atoms with Crippen molar-refractivity contribution in [3.63, 3.8) is 0 Å². The molecule has 0 saturated heterocycles. The van der Waals surface area contributed by atoms with Gasteiger partial charge >= 0.3 is 0 Å². The number of rotatable bonds is 6. The number of fused-ring (bicyclic) bond motifs is 2. The van der Waals surface area contributed by atoms with E-state index >= 15 is 0 Å². The number of hydrogen-bond acceptors (Lipinski definition) is 2. The van der Waals surface area contributed by atoms with Gasteiger partial charge in [0.2, 0.25) is 0 Å². The largest absolute Gasteiger partial charge is 0.255 e. The summed E-state index contributed by atoms with van der Waals surface area (Å²) < 4.78 is 26.5. The van der Waals surface area contributed by atoms with Crippen LogP contribution in [0.25, 0.3) is 42.6 Å². The Balaban J connectivity index is 1.74. The smallest absolute Gasteiger partial charge is 0.0880 e.